The Hall–Kier alpha value is -1.67. The number of amides is 3. The monoisotopic (exact) mass is 595 g/mol. The first-order valence-corrected chi connectivity index (χ1v) is 17.4. The maximum absolute atomic E-state index is 13.1. The summed E-state index contributed by atoms with van der Waals surface area (Å²) in [7, 11) is 4.01. The number of ketones is 1. The number of hydrogen-bond acceptors (Lipinski definition) is 5. The number of urea groups is 1. The summed E-state index contributed by atoms with van der Waals surface area (Å²) in [6, 6.07) is -0.0631. The van der Waals surface area contributed by atoms with Gasteiger partial charge in [0, 0.05) is 31.6 Å². The molecule has 1 saturated heterocycles. The van der Waals surface area contributed by atoms with Crippen LogP contribution in [0.2, 0.25) is 0 Å². The van der Waals surface area contributed by atoms with Gasteiger partial charge in [-0.25, -0.2) is 9.86 Å². The lowest BCUT2D eigenvalue weighted by molar-refractivity contribution is -0.174. The number of Topliss-reactive ketones (excluding diaryl/α,β-unsaturated/α-hetero) is 1. The molecule has 8 heteroatoms. The number of nitrogens with one attached hydrogen (secondary N) is 1. The van der Waals surface area contributed by atoms with E-state index in [9.17, 15) is 14.4 Å². The highest BCUT2D eigenvalue weighted by atomic mass is 16.7. The van der Waals surface area contributed by atoms with Crippen molar-refractivity contribution in [2.75, 3.05) is 46.9 Å². The van der Waals surface area contributed by atoms with Crippen LogP contribution < -0.4 is 5.32 Å². The van der Waals surface area contributed by atoms with Crippen molar-refractivity contribution in [1.82, 2.24) is 20.2 Å². The molecule has 1 aliphatic heterocycles. The predicted octanol–water partition coefficient (Wildman–Crippen LogP) is 7.36. The van der Waals surface area contributed by atoms with E-state index in [0.29, 0.717) is 32.7 Å². The molecule has 0 bridgehead atoms. The largest absolute Gasteiger partial charge is 0.338 e. The summed E-state index contributed by atoms with van der Waals surface area (Å²) >= 11 is 0. The van der Waals surface area contributed by atoms with Gasteiger partial charge >= 0.3 is 6.03 Å². The van der Waals surface area contributed by atoms with Crippen LogP contribution >= 0.6 is 0 Å². The minimum absolute atomic E-state index is 0.0154. The molecule has 1 N–H and O–H groups in total. The zero-order valence-electron chi connectivity index (χ0n) is 27.9. The quantitative estimate of drug-likeness (QED) is 0.0610. The molecule has 1 fully saturated rings. The zero-order valence-corrected chi connectivity index (χ0v) is 27.9. The Morgan fingerprint density at radius 2 is 1.36 bits per heavy atom. The summed E-state index contributed by atoms with van der Waals surface area (Å²) in [5, 5.41) is 4.46. The number of hydroxylamine groups is 2. The van der Waals surface area contributed by atoms with Crippen LogP contribution in [0.25, 0.3) is 0 Å². The summed E-state index contributed by atoms with van der Waals surface area (Å²) in [5.41, 5.74) is 0. The van der Waals surface area contributed by atoms with E-state index in [2.05, 4.69) is 17.1 Å². The van der Waals surface area contributed by atoms with Crippen LogP contribution in [-0.2, 0) is 14.4 Å². The summed E-state index contributed by atoms with van der Waals surface area (Å²) < 4.78 is 0. The molecular formula is C34H66N4O4. The molecule has 0 aromatic heterocycles. The molecular weight excluding hydrogens is 528 g/mol. The van der Waals surface area contributed by atoms with Gasteiger partial charge in [0.25, 0.3) is 0 Å². The summed E-state index contributed by atoms with van der Waals surface area (Å²) in [4.78, 5) is 46.1. The number of likely N-dealkylation sites (tertiary alicyclic amines) is 1. The normalized spacial score (nSPS) is 17.0. The maximum Gasteiger partial charge on any atom is 0.317 e. The fourth-order valence-electron chi connectivity index (χ4n) is 5.87. The van der Waals surface area contributed by atoms with Crippen molar-refractivity contribution < 1.29 is 19.2 Å². The second kappa shape index (κ2) is 25.8. The molecule has 8 nitrogen and oxygen atoms in total. The first-order chi connectivity index (χ1) is 20.4. The van der Waals surface area contributed by atoms with Gasteiger partial charge in [-0.15, -0.1) is 0 Å². The molecule has 0 spiro atoms. The van der Waals surface area contributed by atoms with Crippen molar-refractivity contribution in [1.29, 1.82) is 0 Å². The number of unbranched alkanes of at least 4 members (excludes halogenated alkanes) is 15. The Morgan fingerprint density at radius 1 is 0.810 bits per heavy atom. The lowest BCUT2D eigenvalue weighted by Crippen LogP contribution is -2.52. The third kappa shape index (κ3) is 19.5. The molecule has 246 valence electrons. The molecule has 3 amide bonds. The van der Waals surface area contributed by atoms with Crippen LogP contribution in [0.3, 0.4) is 0 Å². The van der Waals surface area contributed by atoms with Gasteiger partial charge in [0.15, 0.2) is 0 Å². The van der Waals surface area contributed by atoms with Crippen LogP contribution in [0.4, 0.5) is 4.79 Å². The summed E-state index contributed by atoms with van der Waals surface area (Å²) in [5.74, 6) is 0.0503. The lowest BCUT2D eigenvalue weighted by atomic mass is 9.89. The Labute approximate surface area is 258 Å². The second-order valence-corrected chi connectivity index (χ2v) is 12.8. The van der Waals surface area contributed by atoms with Gasteiger partial charge in [-0.2, -0.15) is 0 Å². The molecule has 2 atom stereocenters. The highest BCUT2D eigenvalue weighted by Gasteiger charge is 2.33. The summed E-state index contributed by atoms with van der Waals surface area (Å²) in [6.07, 6.45) is 25.1. The van der Waals surface area contributed by atoms with E-state index in [0.717, 1.165) is 45.1 Å². The molecule has 0 saturated carbocycles. The lowest BCUT2D eigenvalue weighted by Gasteiger charge is -2.39. The molecule has 1 rings (SSSR count). The third-order valence-electron chi connectivity index (χ3n) is 8.66. The van der Waals surface area contributed by atoms with Crippen molar-refractivity contribution in [3.8, 4) is 0 Å². The van der Waals surface area contributed by atoms with Gasteiger partial charge in [-0.3, -0.25) is 14.4 Å². The first kappa shape index (κ1) is 38.4. The van der Waals surface area contributed by atoms with Gasteiger partial charge < -0.3 is 15.1 Å². The Balaban J connectivity index is 2.18. The number of piperidine rings is 1. The standard InChI is InChI=1S/C34H66N4O4/c1-5-6-7-8-9-10-11-12-13-14-15-16-17-18-19-20-25-35-34(41)38-29-32(31(2)40)22-23-33(38)24-28-42-37(30-39)27-21-26-36(3)4/h30,32-33H,5-29H2,1-4H3,(H,35,41). The number of carbonyl (C=O) groups is 3. The van der Waals surface area contributed by atoms with Crippen LogP contribution in [0, 0.1) is 5.92 Å². The first-order valence-electron chi connectivity index (χ1n) is 17.4. The van der Waals surface area contributed by atoms with E-state index in [4.69, 9.17) is 4.84 Å². The topological polar surface area (TPSA) is 82.2 Å². The van der Waals surface area contributed by atoms with E-state index in [1.165, 1.54) is 95.0 Å². The van der Waals surface area contributed by atoms with Gasteiger partial charge in [-0.1, -0.05) is 103 Å². The van der Waals surface area contributed by atoms with Crippen LogP contribution in [0.5, 0.6) is 0 Å². The van der Waals surface area contributed by atoms with E-state index in [1.54, 1.807) is 6.92 Å². The second-order valence-electron chi connectivity index (χ2n) is 12.8. The molecule has 0 aromatic carbocycles. The molecule has 42 heavy (non-hydrogen) atoms. The van der Waals surface area contributed by atoms with Gasteiger partial charge in [0.1, 0.15) is 5.78 Å². The Kier molecular flexibility index (Phi) is 23.6. The molecule has 0 radical (unpaired) electrons. The number of nitrogens with zero attached hydrogens (tertiary/aromatic N) is 3. The highest BCUT2D eigenvalue weighted by molar-refractivity contribution is 5.80. The fourth-order valence-corrected chi connectivity index (χ4v) is 5.87. The minimum Gasteiger partial charge on any atom is -0.338 e. The molecule has 1 aliphatic rings. The zero-order chi connectivity index (χ0) is 30.8. The Bertz CT molecular complexity index is 690. The molecule has 0 aromatic rings. The van der Waals surface area contributed by atoms with Crippen LogP contribution in [0.1, 0.15) is 142 Å². The smallest absolute Gasteiger partial charge is 0.317 e. The summed E-state index contributed by atoms with van der Waals surface area (Å²) in [6.45, 7) is 6.84. The maximum atomic E-state index is 13.1. The van der Waals surface area contributed by atoms with Crippen molar-refractivity contribution in [2.24, 2.45) is 5.92 Å². The minimum atomic E-state index is -0.0963. The number of carbonyl (C=O) groups excluding carboxylic acids is 3. The SMILES string of the molecule is CCCCCCCCCCCCCCCCCCNC(=O)N1CC(C(C)=O)CCC1CCON(C=O)CCCN(C)C. The van der Waals surface area contributed by atoms with Crippen molar-refractivity contribution in [3.63, 3.8) is 0 Å². The predicted molar refractivity (Wildman–Crippen MR) is 173 cm³/mol. The van der Waals surface area contributed by atoms with E-state index >= 15 is 0 Å². The third-order valence-corrected chi connectivity index (χ3v) is 8.66. The molecule has 1 heterocycles. The number of hydrogen-bond donors (Lipinski definition) is 1. The van der Waals surface area contributed by atoms with Crippen LogP contribution in [-0.4, -0.2) is 86.0 Å². The average molecular weight is 595 g/mol. The highest BCUT2D eigenvalue weighted by Crippen LogP contribution is 2.25. The van der Waals surface area contributed by atoms with Gasteiger partial charge in [-0.05, 0) is 59.7 Å². The average Bonchev–Trinajstić information content (AvgIpc) is 2.97. The van der Waals surface area contributed by atoms with Gasteiger partial charge in [0.2, 0.25) is 6.41 Å². The van der Waals surface area contributed by atoms with E-state index in [1.807, 2.05) is 19.0 Å². The van der Waals surface area contributed by atoms with Crippen molar-refractivity contribution in [3.05, 3.63) is 0 Å². The number of rotatable bonds is 27. The van der Waals surface area contributed by atoms with Gasteiger partial charge in [0.05, 0.1) is 6.61 Å². The van der Waals surface area contributed by atoms with Crippen molar-refractivity contribution in [2.45, 2.75) is 148 Å². The van der Waals surface area contributed by atoms with E-state index in [-0.39, 0.29) is 23.8 Å². The van der Waals surface area contributed by atoms with Crippen LogP contribution in [0.15, 0.2) is 0 Å². The fraction of sp³-hybridized carbons (Fsp3) is 0.912. The molecule has 0 aliphatic carbocycles. The van der Waals surface area contributed by atoms with E-state index < -0.39 is 0 Å². The Morgan fingerprint density at radius 3 is 1.86 bits per heavy atom. The molecule has 2 unspecified atom stereocenters. The van der Waals surface area contributed by atoms with Crippen molar-refractivity contribution >= 4 is 18.2 Å².